The maximum atomic E-state index is 13.4. The highest BCUT2D eigenvalue weighted by molar-refractivity contribution is 9.10. The Kier molecular flexibility index (Phi) is 8.39. The summed E-state index contributed by atoms with van der Waals surface area (Å²) in [5.74, 6) is -1.29. The molecule has 4 rings (SSSR count). The zero-order valence-corrected chi connectivity index (χ0v) is 23.3. The van der Waals surface area contributed by atoms with Crippen molar-refractivity contribution >= 4 is 49.2 Å². The number of primary amides is 1. The molecule has 2 aromatic heterocycles. The number of halogens is 2. The van der Waals surface area contributed by atoms with Crippen LogP contribution in [0.15, 0.2) is 53.0 Å². The van der Waals surface area contributed by atoms with Gasteiger partial charge in [-0.3, -0.25) is 9.78 Å². The van der Waals surface area contributed by atoms with Crippen molar-refractivity contribution in [2.45, 2.75) is 40.0 Å². The Morgan fingerprint density at radius 3 is 2.43 bits per heavy atom. The summed E-state index contributed by atoms with van der Waals surface area (Å²) in [6.45, 7) is 6.00. The van der Waals surface area contributed by atoms with Gasteiger partial charge in [0.05, 0.1) is 29.1 Å². The molecule has 4 aromatic rings. The van der Waals surface area contributed by atoms with Gasteiger partial charge in [0, 0.05) is 19.6 Å². The number of aromatic nitrogens is 1. The van der Waals surface area contributed by atoms with Gasteiger partial charge in [0.15, 0.2) is 0 Å². The van der Waals surface area contributed by atoms with Crippen molar-refractivity contribution in [2.75, 3.05) is 6.61 Å². The number of aryl methyl sites for hydroxylation is 2. The van der Waals surface area contributed by atoms with Crippen LogP contribution < -0.4 is 5.73 Å². The van der Waals surface area contributed by atoms with Crippen LogP contribution in [0.2, 0.25) is 0 Å². The van der Waals surface area contributed by atoms with Gasteiger partial charge in [-0.15, -0.1) is 11.3 Å². The Labute approximate surface area is 228 Å². The van der Waals surface area contributed by atoms with Gasteiger partial charge in [0.2, 0.25) is 0 Å². The molecule has 1 amide bonds. The third-order valence-electron chi connectivity index (χ3n) is 5.98. The van der Waals surface area contributed by atoms with Crippen molar-refractivity contribution < 1.29 is 18.7 Å². The van der Waals surface area contributed by atoms with Crippen molar-refractivity contribution in [2.24, 2.45) is 11.7 Å². The molecule has 0 saturated carbocycles. The number of esters is 1. The van der Waals surface area contributed by atoms with E-state index >= 15 is 0 Å². The van der Waals surface area contributed by atoms with Crippen LogP contribution in [0.3, 0.4) is 0 Å². The van der Waals surface area contributed by atoms with E-state index in [1.54, 1.807) is 19.1 Å². The largest absolute Gasteiger partial charge is 0.462 e. The third kappa shape index (κ3) is 5.91. The van der Waals surface area contributed by atoms with Gasteiger partial charge in [-0.05, 0) is 83.2 Å². The molecule has 37 heavy (non-hydrogen) atoms. The van der Waals surface area contributed by atoms with E-state index in [1.165, 1.54) is 23.5 Å². The number of benzene rings is 2. The van der Waals surface area contributed by atoms with E-state index in [1.807, 2.05) is 38.1 Å². The molecule has 192 valence electrons. The second-order valence-electron chi connectivity index (χ2n) is 9.21. The van der Waals surface area contributed by atoms with Crippen LogP contribution in [0.5, 0.6) is 0 Å². The Bertz CT molecular complexity index is 1460. The Morgan fingerprint density at radius 1 is 1.08 bits per heavy atom. The molecule has 2 heterocycles. The molecule has 0 atom stereocenters. The van der Waals surface area contributed by atoms with Crippen LogP contribution in [0.1, 0.15) is 58.4 Å². The fourth-order valence-electron chi connectivity index (χ4n) is 4.40. The summed E-state index contributed by atoms with van der Waals surface area (Å²) < 4.78 is 20.8. The van der Waals surface area contributed by atoms with E-state index in [0.29, 0.717) is 36.2 Å². The first-order valence-corrected chi connectivity index (χ1v) is 13.8. The van der Waals surface area contributed by atoms with Crippen LogP contribution in [-0.2, 0) is 24.0 Å². The number of carbonyl (C=O) groups is 2. The lowest BCUT2D eigenvalue weighted by molar-refractivity contribution is 0.0525. The zero-order chi connectivity index (χ0) is 26.7. The topological polar surface area (TPSA) is 82.3 Å². The average molecular weight is 584 g/mol. The number of thiophene rings is 1. The number of nitrogens with two attached hydrogens (primary N) is 1. The predicted octanol–water partition coefficient (Wildman–Crippen LogP) is 7.12. The standard InChI is InChI=1S/C29H28BrFN2O3S/c1-4-36-29(35)25-21(13-10-17-8-11-19(31)12-9-17)33-22(14-16(2)3)24(28(32)34)26(25)23-15-18-6-5-7-20(30)27(18)37-23/h5-9,11-12,15-16H,4,10,13-14H2,1-3H3,(H2,32,34). The van der Waals surface area contributed by atoms with Crippen molar-refractivity contribution in [3.8, 4) is 10.4 Å². The summed E-state index contributed by atoms with van der Waals surface area (Å²) in [5.41, 5.74) is 8.95. The Balaban J connectivity index is 2.00. The zero-order valence-electron chi connectivity index (χ0n) is 20.9. The monoisotopic (exact) mass is 582 g/mol. The fourth-order valence-corrected chi connectivity index (χ4v) is 6.15. The lowest BCUT2D eigenvalue weighted by atomic mass is 9.91. The van der Waals surface area contributed by atoms with E-state index in [4.69, 9.17) is 15.5 Å². The average Bonchev–Trinajstić information content (AvgIpc) is 3.28. The van der Waals surface area contributed by atoms with Gasteiger partial charge >= 0.3 is 5.97 Å². The summed E-state index contributed by atoms with van der Waals surface area (Å²) in [7, 11) is 0. The number of ether oxygens (including phenoxy) is 1. The number of rotatable bonds is 9. The molecule has 0 saturated heterocycles. The number of fused-ring (bicyclic) bond motifs is 1. The third-order valence-corrected chi connectivity index (χ3v) is 8.11. The summed E-state index contributed by atoms with van der Waals surface area (Å²) in [6.07, 6.45) is 1.46. The Hall–Kier alpha value is -3.10. The second-order valence-corrected chi connectivity index (χ2v) is 11.1. The lowest BCUT2D eigenvalue weighted by Gasteiger charge is -2.20. The number of pyridine rings is 1. The minimum absolute atomic E-state index is 0.174. The number of hydrogen-bond donors (Lipinski definition) is 1. The van der Waals surface area contributed by atoms with Crippen LogP contribution in [0.25, 0.3) is 20.5 Å². The van der Waals surface area contributed by atoms with Gasteiger partial charge in [-0.25, -0.2) is 9.18 Å². The highest BCUT2D eigenvalue weighted by Gasteiger charge is 2.30. The second kappa shape index (κ2) is 11.5. The van der Waals surface area contributed by atoms with E-state index < -0.39 is 11.9 Å². The molecule has 8 heteroatoms. The van der Waals surface area contributed by atoms with Crippen molar-refractivity contribution in [3.63, 3.8) is 0 Å². The lowest BCUT2D eigenvalue weighted by Crippen LogP contribution is -2.23. The normalized spacial score (nSPS) is 11.3. The molecule has 2 N–H and O–H groups in total. The summed E-state index contributed by atoms with van der Waals surface area (Å²) in [4.78, 5) is 32.0. The SMILES string of the molecule is CCOC(=O)c1c(CCc2ccc(F)cc2)nc(CC(C)C)c(C(N)=O)c1-c1cc2cccc(Br)c2s1. The molecule has 5 nitrogen and oxygen atoms in total. The molecular formula is C29H28BrFN2O3S. The number of amides is 1. The number of hydrogen-bond acceptors (Lipinski definition) is 5. The quantitative estimate of drug-likeness (QED) is 0.213. The van der Waals surface area contributed by atoms with Gasteiger partial charge < -0.3 is 10.5 Å². The number of carbonyl (C=O) groups excluding carboxylic acids is 2. The first-order valence-electron chi connectivity index (χ1n) is 12.1. The molecule has 0 radical (unpaired) electrons. The Morgan fingerprint density at radius 2 is 1.81 bits per heavy atom. The van der Waals surface area contributed by atoms with Crippen LogP contribution in [0.4, 0.5) is 4.39 Å². The van der Waals surface area contributed by atoms with Gasteiger partial charge in [-0.2, -0.15) is 0 Å². The molecule has 0 aliphatic heterocycles. The maximum absolute atomic E-state index is 13.4. The van der Waals surface area contributed by atoms with Crippen LogP contribution in [-0.4, -0.2) is 23.5 Å². The molecule has 2 aromatic carbocycles. The van der Waals surface area contributed by atoms with E-state index in [9.17, 15) is 14.0 Å². The van der Waals surface area contributed by atoms with E-state index in [-0.39, 0.29) is 29.5 Å². The van der Waals surface area contributed by atoms with Crippen molar-refractivity contribution in [1.82, 2.24) is 4.98 Å². The summed E-state index contributed by atoms with van der Waals surface area (Å²) in [5, 5.41) is 0.981. The smallest absolute Gasteiger partial charge is 0.340 e. The first kappa shape index (κ1) is 26.9. The molecule has 0 spiro atoms. The van der Waals surface area contributed by atoms with Crippen molar-refractivity contribution in [1.29, 1.82) is 0 Å². The fraction of sp³-hybridized carbons (Fsp3) is 0.276. The molecule has 0 bridgehead atoms. The summed E-state index contributed by atoms with van der Waals surface area (Å²) in [6, 6.07) is 14.1. The van der Waals surface area contributed by atoms with Gasteiger partial charge in [0.25, 0.3) is 5.91 Å². The van der Waals surface area contributed by atoms with Gasteiger partial charge in [0.1, 0.15) is 5.82 Å². The summed E-state index contributed by atoms with van der Waals surface area (Å²) >= 11 is 5.09. The first-order chi connectivity index (χ1) is 17.7. The molecular weight excluding hydrogens is 555 g/mol. The minimum Gasteiger partial charge on any atom is -0.462 e. The molecule has 0 aliphatic carbocycles. The molecule has 0 aliphatic rings. The highest BCUT2D eigenvalue weighted by Crippen LogP contribution is 2.42. The minimum atomic E-state index is -0.634. The van der Waals surface area contributed by atoms with Crippen LogP contribution in [0, 0.1) is 11.7 Å². The van der Waals surface area contributed by atoms with Gasteiger partial charge in [-0.1, -0.05) is 38.1 Å². The molecule has 0 fully saturated rings. The maximum Gasteiger partial charge on any atom is 0.340 e. The number of nitrogens with zero attached hydrogens (tertiary/aromatic N) is 1. The van der Waals surface area contributed by atoms with E-state index in [0.717, 1.165) is 25.0 Å². The predicted molar refractivity (Wildman–Crippen MR) is 150 cm³/mol. The highest BCUT2D eigenvalue weighted by atomic mass is 79.9. The molecule has 0 unspecified atom stereocenters. The van der Waals surface area contributed by atoms with Crippen LogP contribution >= 0.6 is 27.3 Å². The van der Waals surface area contributed by atoms with E-state index in [2.05, 4.69) is 15.9 Å². The van der Waals surface area contributed by atoms with Crippen molar-refractivity contribution in [3.05, 3.63) is 86.9 Å².